The number of nitrogens with zero attached hydrogens (tertiary/aromatic N) is 6. The van der Waals surface area contributed by atoms with E-state index >= 15 is 0 Å². The van der Waals surface area contributed by atoms with Crippen molar-refractivity contribution in [3.63, 3.8) is 0 Å². The van der Waals surface area contributed by atoms with Gasteiger partial charge in [-0.2, -0.15) is 0 Å². The van der Waals surface area contributed by atoms with Crippen molar-refractivity contribution in [2.45, 2.75) is 31.8 Å². The summed E-state index contributed by atoms with van der Waals surface area (Å²) in [6, 6.07) is 6.23. The molecule has 1 saturated heterocycles. The van der Waals surface area contributed by atoms with Gasteiger partial charge in [-0.05, 0) is 37.1 Å². The number of imidazole rings is 1. The molecule has 2 aliphatic heterocycles. The third-order valence-electron chi connectivity index (χ3n) is 5.60. The fraction of sp³-hybridized carbons (Fsp3) is 0.450. The number of hydrogen-bond acceptors (Lipinski definition) is 6. The molecule has 5 rings (SSSR count). The Labute approximate surface area is 163 Å². The van der Waals surface area contributed by atoms with Gasteiger partial charge in [0.05, 0.1) is 12.9 Å². The summed E-state index contributed by atoms with van der Waals surface area (Å²) in [5.74, 6) is 4.12. The van der Waals surface area contributed by atoms with Crippen LogP contribution in [0, 0.1) is 0 Å². The molecule has 1 atom stereocenters. The zero-order valence-electron chi connectivity index (χ0n) is 16.0. The zero-order valence-corrected chi connectivity index (χ0v) is 16.0. The van der Waals surface area contributed by atoms with Gasteiger partial charge in [-0.1, -0.05) is 6.07 Å². The van der Waals surface area contributed by atoms with E-state index in [0.29, 0.717) is 19.3 Å². The topological polar surface area (TPSA) is 70.2 Å². The average Bonchev–Trinajstić information content (AvgIpc) is 3.45. The maximum atomic E-state index is 5.51. The van der Waals surface area contributed by atoms with Crippen LogP contribution in [0.15, 0.2) is 36.9 Å². The van der Waals surface area contributed by atoms with Gasteiger partial charge in [0.15, 0.2) is 17.3 Å². The molecule has 0 saturated carbocycles. The second-order valence-electron chi connectivity index (χ2n) is 7.53. The minimum atomic E-state index is 0.318. The lowest BCUT2D eigenvalue weighted by molar-refractivity contribution is 0.173. The third kappa shape index (κ3) is 3.35. The first-order chi connectivity index (χ1) is 13.8. The normalized spacial score (nSPS) is 19.2. The summed E-state index contributed by atoms with van der Waals surface area (Å²) in [4.78, 5) is 6.59. The Morgan fingerprint density at radius 3 is 2.96 bits per heavy atom. The highest BCUT2D eigenvalue weighted by Gasteiger charge is 2.26. The van der Waals surface area contributed by atoms with Crippen molar-refractivity contribution in [2.24, 2.45) is 7.05 Å². The van der Waals surface area contributed by atoms with Gasteiger partial charge in [0.2, 0.25) is 6.79 Å². The van der Waals surface area contributed by atoms with Crippen LogP contribution in [0.1, 0.15) is 36.0 Å². The summed E-state index contributed by atoms with van der Waals surface area (Å²) < 4.78 is 15.1. The van der Waals surface area contributed by atoms with Crippen molar-refractivity contribution in [3.8, 4) is 11.5 Å². The molecule has 8 nitrogen and oxygen atoms in total. The molecule has 1 aromatic carbocycles. The van der Waals surface area contributed by atoms with Crippen LogP contribution < -0.4 is 9.47 Å². The summed E-state index contributed by atoms with van der Waals surface area (Å²) in [7, 11) is 2.07. The molecule has 1 fully saturated rings. The van der Waals surface area contributed by atoms with Crippen LogP contribution in [-0.2, 0) is 20.1 Å². The second kappa shape index (κ2) is 7.27. The second-order valence-corrected chi connectivity index (χ2v) is 7.53. The molecule has 4 heterocycles. The van der Waals surface area contributed by atoms with E-state index in [1.54, 1.807) is 6.20 Å². The number of benzene rings is 1. The average molecular weight is 380 g/mol. The van der Waals surface area contributed by atoms with Crippen LogP contribution in [0.3, 0.4) is 0 Å². The fourth-order valence-electron chi connectivity index (χ4n) is 4.12. The van der Waals surface area contributed by atoms with E-state index in [2.05, 4.69) is 43.8 Å². The first-order valence-corrected chi connectivity index (χ1v) is 9.71. The maximum Gasteiger partial charge on any atom is 0.231 e. The molecule has 0 N–H and O–H groups in total. The molecule has 2 aliphatic rings. The van der Waals surface area contributed by atoms with Crippen LogP contribution in [0.5, 0.6) is 11.5 Å². The number of piperidine rings is 1. The molecular formula is C20H24N6O2. The van der Waals surface area contributed by atoms with Crippen LogP contribution in [0.25, 0.3) is 0 Å². The number of fused-ring (bicyclic) bond motifs is 1. The van der Waals surface area contributed by atoms with Crippen molar-refractivity contribution < 1.29 is 9.47 Å². The summed E-state index contributed by atoms with van der Waals surface area (Å²) >= 11 is 0. The standard InChI is InChI=1S/C20H24N6O2/c1-24-19(12-26-8-6-21-13-26)22-23-20(24)16-3-2-7-25(11-16)10-15-4-5-17-18(9-15)28-14-27-17/h4-6,8-9,13,16H,2-3,7,10-12,14H2,1H3/t16-/m0/s1. The molecule has 146 valence electrons. The number of hydrogen-bond donors (Lipinski definition) is 0. The van der Waals surface area contributed by atoms with E-state index in [1.807, 2.05) is 23.2 Å². The summed E-state index contributed by atoms with van der Waals surface area (Å²) in [5, 5.41) is 8.95. The SMILES string of the molecule is Cn1c(Cn2ccnc2)nnc1[C@H]1CCCN(Cc2ccc3c(c2)OCO3)C1. The van der Waals surface area contributed by atoms with Crippen molar-refractivity contribution in [1.82, 2.24) is 29.2 Å². The molecule has 0 spiro atoms. The Balaban J connectivity index is 1.27. The maximum absolute atomic E-state index is 5.51. The monoisotopic (exact) mass is 380 g/mol. The Morgan fingerprint density at radius 2 is 2.07 bits per heavy atom. The van der Waals surface area contributed by atoms with Gasteiger partial charge >= 0.3 is 0 Å². The lowest BCUT2D eigenvalue weighted by atomic mass is 9.96. The highest BCUT2D eigenvalue weighted by atomic mass is 16.7. The highest BCUT2D eigenvalue weighted by Crippen LogP contribution is 2.33. The summed E-state index contributed by atoms with van der Waals surface area (Å²) in [6.45, 7) is 4.01. The van der Waals surface area contributed by atoms with E-state index in [1.165, 1.54) is 12.0 Å². The lowest BCUT2D eigenvalue weighted by Gasteiger charge is -2.32. The van der Waals surface area contributed by atoms with Crippen molar-refractivity contribution in [2.75, 3.05) is 19.9 Å². The van der Waals surface area contributed by atoms with Gasteiger partial charge in [-0.3, -0.25) is 4.90 Å². The molecule has 3 aromatic rings. The van der Waals surface area contributed by atoms with Gasteiger partial charge in [-0.15, -0.1) is 10.2 Å². The van der Waals surface area contributed by atoms with Gasteiger partial charge in [0.25, 0.3) is 0 Å². The van der Waals surface area contributed by atoms with Crippen LogP contribution in [0.4, 0.5) is 0 Å². The Bertz CT molecular complexity index is 952. The minimum absolute atomic E-state index is 0.318. The molecule has 0 unspecified atom stereocenters. The first-order valence-electron chi connectivity index (χ1n) is 9.71. The summed E-state index contributed by atoms with van der Waals surface area (Å²) in [6.07, 6.45) is 7.85. The van der Waals surface area contributed by atoms with Crippen molar-refractivity contribution >= 4 is 0 Å². The molecule has 0 aliphatic carbocycles. The quantitative estimate of drug-likeness (QED) is 0.676. The molecular weight excluding hydrogens is 356 g/mol. The predicted molar refractivity (Wildman–Crippen MR) is 102 cm³/mol. The van der Waals surface area contributed by atoms with Crippen molar-refractivity contribution in [3.05, 3.63) is 54.1 Å². The molecule has 0 bridgehead atoms. The van der Waals surface area contributed by atoms with Crippen LogP contribution >= 0.6 is 0 Å². The largest absolute Gasteiger partial charge is 0.454 e. The van der Waals surface area contributed by atoms with E-state index < -0.39 is 0 Å². The minimum Gasteiger partial charge on any atom is -0.454 e. The molecule has 2 aromatic heterocycles. The molecule has 28 heavy (non-hydrogen) atoms. The number of aromatic nitrogens is 5. The van der Waals surface area contributed by atoms with E-state index in [0.717, 1.165) is 49.2 Å². The Morgan fingerprint density at radius 1 is 1.14 bits per heavy atom. The highest BCUT2D eigenvalue weighted by molar-refractivity contribution is 5.44. The van der Waals surface area contributed by atoms with E-state index in [4.69, 9.17) is 9.47 Å². The number of rotatable bonds is 5. The van der Waals surface area contributed by atoms with Crippen LogP contribution in [-0.4, -0.2) is 49.1 Å². The number of likely N-dealkylation sites (tertiary alicyclic amines) is 1. The predicted octanol–water partition coefficient (Wildman–Crippen LogP) is 2.17. The Kier molecular flexibility index (Phi) is 4.48. The third-order valence-corrected chi connectivity index (χ3v) is 5.60. The summed E-state index contributed by atoms with van der Waals surface area (Å²) in [5.41, 5.74) is 1.25. The molecule has 0 amide bonds. The molecule has 0 radical (unpaired) electrons. The van der Waals surface area contributed by atoms with E-state index in [9.17, 15) is 0 Å². The lowest BCUT2D eigenvalue weighted by Crippen LogP contribution is -2.34. The van der Waals surface area contributed by atoms with Gasteiger partial charge in [0.1, 0.15) is 5.82 Å². The zero-order chi connectivity index (χ0) is 18.9. The fourth-order valence-corrected chi connectivity index (χ4v) is 4.12. The smallest absolute Gasteiger partial charge is 0.231 e. The molecule has 8 heteroatoms. The van der Waals surface area contributed by atoms with Gasteiger partial charge < -0.3 is 18.6 Å². The van der Waals surface area contributed by atoms with Crippen molar-refractivity contribution in [1.29, 1.82) is 0 Å². The van der Waals surface area contributed by atoms with Gasteiger partial charge in [-0.25, -0.2) is 4.98 Å². The van der Waals surface area contributed by atoms with Crippen LogP contribution in [0.2, 0.25) is 0 Å². The van der Waals surface area contributed by atoms with Gasteiger partial charge in [0, 0.05) is 38.4 Å². The Hall–Kier alpha value is -2.87. The van der Waals surface area contributed by atoms with E-state index in [-0.39, 0.29) is 0 Å². The number of ether oxygens (including phenoxy) is 2. The first kappa shape index (κ1) is 17.2.